The molecule has 0 fully saturated rings. The molecule has 0 bridgehead atoms. The van der Waals surface area contributed by atoms with Crippen molar-refractivity contribution in [2.45, 2.75) is 0 Å². The molecule has 16 rings (SSSR count). The van der Waals surface area contributed by atoms with Crippen LogP contribution in [0.4, 0.5) is 34.1 Å². The van der Waals surface area contributed by atoms with Gasteiger partial charge in [0.05, 0.1) is 21.4 Å². The number of anilines is 6. The van der Waals surface area contributed by atoms with Crippen LogP contribution in [0.5, 0.6) is 0 Å². The number of thiophene rings is 2. The number of aromatic nitrogens is 2. The molecule has 15 aromatic rings. The maximum atomic E-state index is 4.46. The van der Waals surface area contributed by atoms with Crippen LogP contribution in [-0.2, 0) is 0 Å². The Morgan fingerprint density at radius 3 is 1.83 bits per heavy atom. The lowest BCUT2D eigenvalue weighted by Crippen LogP contribution is -2.11. The molecule has 1 aliphatic carbocycles. The lowest BCUT2D eigenvalue weighted by molar-refractivity contribution is 1.18. The summed E-state index contributed by atoms with van der Waals surface area (Å²) in [4.78, 5) is 9.31. The minimum atomic E-state index is 1.08. The summed E-state index contributed by atoms with van der Waals surface area (Å²) in [5, 5.41) is 10.1. The van der Waals surface area contributed by atoms with Crippen LogP contribution in [0.15, 0.2) is 255 Å². The highest BCUT2D eigenvalue weighted by Gasteiger charge is 2.25. The Hall–Kier alpha value is -9.33. The summed E-state index contributed by atoms with van der Waals surface area (Å²) in [6.07, 6.45) is 3.88. The van der Waals surface area contributed by atoms with Crippen molar-refractivity contribution in [2.24, 2.45) is 0 Å². The zero-order valence-corrected chi connectivity index (χ0v) is 42.0. The highest BCUT2D eigenvalue weighted by atomic mass is 32.1. The molecule has 0 radical (unpaired) electrons. The van der Waals surface area contributed by atoms with Gasteiger partial charge in [-0.1, -0.05) is 133 Å². The summed E-state index contributed by atoms with van der Waals surface area (Å²) in [5.74, 6) is 0. The third-order valence-corrected chi connectivity index (χ3v) is 17.6. The minimum Gasteiger partial charge on any atom is -0.310 e. The second kappa shape index (κ2) is 16.6. The van der Waals surface area contributed by atoms with Crippen molar-refractivity contribution in [1.82, 2.24) is 9.55 Å². The van der Waals surface area contributed by atoms with Gasteiger partial charge in [-0.2, -0.15) is 0 Å². The van der Waals surface area contributed by atoms with Gasteiger partial charge in [0, 0.05) is 98.5 Å². The second-order valence-corrected chi connectivity index (χ2v) is 21.7. The quantitative estimate of drug-likeness (QED) is 0.152. The standard InChI is InChI=1S/C69H42N4S2/c1-3-15-45(16-4-1)72(49-31-34-63-59(38-49)60-40-61-53-20-8-10-24-65(53)74-67(61)41-64(60)73(63)46-17-5-2-6-18-46)62-23-9-7-19-51(62)43-25-27-47(28-26-43)71(50-30-33-54-55-35-36-70-42-68(55)75-66(54)39-50)48-29-32-52-56-21-11-13-44-14-12-22-57(69(44)56)58(52)37-48/h1-42H. The molecule has 0 saturated carbocycles. The molecule has 4 aromatic heterocycles. The number of rotatable bonds is 8. The molecule has 0 saturated heterocycles. The molecule has 4 nitrogen and oxygen atoms in total. The zero-order chi connectivity index (χ0) is 49.1. The Morgan fingerprint density at radius 1 is 0.333 bits per heavy atom. The Labute approximate surface area is 440 Å². The van der Waals surface area contributed by atoms with Crippen LogP contribution in [0.1, 0.15) is 0 Å². The molecular formula is C69H42N4S2. The Morgan fingerprint density at radius 2 is 0.960 bits per heavy atom. The molecule has 0 N–H and O–H groups in total. The molecule has 6 heteroatoms. The molecule has 350 valence electrons. The van der Waals surface area contributed by atoms with E-state index in [1.165, 1.54) is 95.2 Å². The van der Waals surface area contributed by atoms with E-state index in [4.69, 9.17) is 0 Å². The van der Waals surface area contributed by atoms with Crippen LogP contribution < -0.4 is 9.80 Å². The van der Waals surface area contributed by atoms with E-state index in [9.17, 15) is 0 Å². The fourth-order valence-corrected chi connectivity index (χ4v) is 14.3. The largest absolute Gasteiger partial charge is 0.310 e. The van der Waals surface area contributed by atoms with Gasteiger partial charge in [-0.15, -0.1) is 22.7 Å². The van der Waals surface area contributed by atoms with Crippen LogP contribution in [0.25, 0.3) is 112 Å². The summed E-state index contributed by atoms with van der Waals surface area (Å²) >= 11 is 3.67. The zero-order valence-electron chi connectivity index (χ0n) is 40.4. The topological polar surface area (TPSA) is 24.3 Å². The number of hydrogen-bond acceptors (Lipinski definition) is 5. The highest BCUT2D eigenvalue weighted by Crippen LogP contribution is 2.51. The molecule has 0 spiro atoms. The third kappa shape index (κ3) is 6.57. The van der Waals surface area contributed by atoms with Gasteiger partial charge in [-0.3, -0.25) is 4.98 Å². The van der Waals surface area contributed by atoms with Gasteiger partial charge in [0.2, 0.25) is 0 Å². The minimum absolute atomic E-state index is 1.08. The average Bonchev–Trinajstić information content (AvgIpc) is 4.22. The van der Waals surface area contributed by atoms with Gasteiger partial charge in [-0.25, -0.2) is 0 Å². The van der Waals surface area contributed by atoms with Crippen molar-refractivity contribution in [1.29, 1.82) is 0 Å². The average molecular weight is 991 g/mol. The first-order valence-corrected chi connectivity index (χ1v) is 27.0. The fourth-order valence-electron chi connectivity index (χ4n) is 12.1. The number of fused-ring (bicyclic) bond motifs is 12. The van der Waals surface area contributed by atoms with E-state index in [1.807, 2.05) is 23.7 Å². The molecule has 1 aliphatic rings. The molecule has 0 atom stereocenters. The SMILES string of the molecule is c1ccc(N(c2ccc3c(c2)c2cc4c(cc2n3-c2ccccc2)sc2ccccc24)c2ccccc2-c2ccc(N(c3ccc4c(c3)-c3cccc5cccc-4c35)c3ccc4c(c3)sc3cnccc34)cc2)cc1. The second-order valence-electron chi connectivity index (χ2n) is 19.5. The van der Waals surface area contributed by atoms with E-state index in [0.717, 1.165) is 50.9 Å². The molecule has 0 amide bonds. The maximum Gasteiger partial charge on any atom is 0.0555 e. The van der Waals surface area contributed by atoms with Crippen molar-refractivity contribution < 1.29 is 0 Å². The molecular weight excluding hydrogens is 949 g/mol. The maximum absolute atomic E-state index is 4.46. The Bertz CT molecular complexity index is 4780. The summed E-state index contributed by atoms with van der Waals surface area (Å²) < 4.78 is 7.47. The molecule has 4 heterocycles. The van der Waals surface area contributed by atoms with Crippen LogP contribution in [0, 0.1) is 0 Å². The van der Waals surface area contributed by atoms with E-state index in [0.29, 0.717) is 0 Å². The number of pyridine rings is 1. The predicted octanol–water partition coefficient (Wildman–Crippen LogP) is 20.3. The number of nitrogens with zero attached hydrogens (tertiary/aromatic N) is 4. The third-order valence-electron chi connectivity index (χ3n) is 15.4. The summed E-state index contributed by atoms with van der Waals surface area (Å²) in [6.45, 7) is 0. The van der Waals surface area contributed by atoms with E-state index in [1.54, 1.807) is 11.3 Å². The number of para-hydroxylation sites is 3. The normalized spacial score (nSPS) is 12.0. The number of benzene rings is 11. The van der Waals surface area contributed by atoms with Gasteiger partial charge in [0.1, 0.15) is 0 Å². The first kappa shape index (κ1) is 42.2. The van der Waals surface area contributed by atoms with E-state index >= 15 is 0 Å². The van der Waals surface area contributed by atoms with Gasteiger partial charge < -0.3 is 14.4 Å². The van der Waals surface area contributed by atoms with E-state index in [2.05, 4.69) is 262 Å². The lowest BCUT2D eigenvalue weighted by atomic mass is 10.00. The summed E-state index contributed by atoms with van der Waals surface area (Å²) in [7, 11) is 0. The predicted molar refractivity (Wildman–Crippen MR) is 321 cm³/mol. The van der Waals surface area contributed by atoms with Gasteiger partial charge >= 0.3 is 0 Å². The Balaban J connectivity index is 0.845. The van der Waals surface area contributed by atoms with Gasteiger partial charge in [0.25, 0.3) is 0 Å². The Kier molecular flexibility index (Phi) is 9.34. The van der Waals surface area contributed by atoms with Crippen LogP contribution in [-0.4, -0.2) is 9.55 Å². The lowest BCUT2D eigenvalue weighted by Gasteiger charge is -2.29. The molecule has 0 unspecified atom stereocenters. The first-order chi connectivity index (χ1) is 37.2. The molecule has 75 heavy (non-hydrogen) atoms. The van der Waals surface area contributed by atoms with Crippen LogP contribution in [0.3, 0.4) is 0 Å². The van der Waals surface area contributed by atoms with E-state index in [-0.39, 0.29) is 0 Å². The van der Waals surface area contributed by atoms with Gasteiger partial charge in [-0.05, 0) is 148 Å². The molecule has 0 aliphatic heterocycles. The molecule has 11 aromatic carbocycles. The van der Waals surface area contributed by atoms with Crippen molar-refractivity contribution in [3.63, 3.8) is 0 Å². The van der Waals surface area contributed by atoms with Crippen LogP contribution >= 0.6 is 22.7 Å². The smallest absolute Gasteiger partial charge is 0.0555 e. The number of hydrogen-bond donors (Lipinski definition) is 0. The first-order valence-electron chi connectivity index (χ1n) is 25.4. The van der Waals surface area contributed by atoms with Gasteiger partial charge in [0.15, 0.2) is 0 Å². The van der Waals surface area contributed by atoms with Crippen molar-refractivity contribution in [2.75, 3.05) is 9.80 Å². The summed E-state index contributed by atoms with van der Waals surface area (Å²) in [6, 6.07) is 89.7. The fraction of sp³-hybridized carbons (Fsp3) is 0. The van der Waals surface area contributed by atoms with Crippen molar-refractivity contribution >= 4 is 130 Å². The van der Waals surface area contributed by atoms with Crippen molar-refractivity contribution in [3.05, 3.63) is 255 Å². The van der Waals surface area contributed by atoms with Crippen molar-refractivity contribution in [3.8, 4) is 39.1 Å². The van der Waals surface area contributed by atoms with E-state index < -0.39 is 0 Å². The summed E-state index contributed by atoms with van der Waals surface area (Å²) in [5.41, 5.74) is 17.5. The highest BCUT2D eigenvalue weighted by molar-refractivity contribution is 7.26. The van der Waals surface area contributed by atoms with Crippen LogP contribution in [0.2, 0.25) is 0 Å². The monoisotopic (exact) mass is 990 g/mol.